The van der Waals surface area contributed by atoms with E-state index < -0.39 is 5.60 Å². The van der Waals surface area contributed by atoms with Crippen LogP contribution < -0.4 is 5.73 Å². The molecule has 4 nitrogen and oxygen atoms in total. The predicted molar refractivity (Wildman–Crippen MR) is 71.4 cm³/mol. The first kappa shape index (κ1) is 13.1. The van der Waals surface area contributed by atoms with Crippen LogP contribution in [-0.4, -0.2) is 41.1 Å². The molecule has 1 aliphatic heterocycles. The van der Waals surface area contributed by atoms with Crippen molar-refractivity contribution in [3.05, 3.63) is 21.9 Å². The summed E-state index contributed by atoms with van der Waals surface area (Å²) < 4.78 is 0. The average Bonchev–Trinajstić information content (AvgIpc) is 2.91. The van der Waals surface area contributed by atoms with Gasteiger partial charge in [-0.25, -0.2) is 0 Å². The molecule has 3 N–H and O–H groups in total. The number of thiophene rings is 1. The van der Waals surface area contributed by atoms with Crippen molar-refractivity contribution in [2.75, 3.05) is 19.6 Å². The van der Waals surface area contributed by atoms with Gasteiger partial charge in [0.1, 0.15) is 4.88 Å². The second-order valence-electron chi connectivity index (χ2n) is 4.64. The summed E-state index contributed by atoms with van der Waals surface area (Å²) in [7, 11) is 0. The summed E-state index contributed by atoms with van der Waals surface area (Å²) in [5, 5.41) is 11.7. The number of amides is 1. The highest BCUT2D eigenvalue weighted by atomic mass is 32.1. The minimum Gasteiger partial charge on any atom is -0.388 e. The van der Waals surface area contributed by atoms with Crippen LogP contribution in [0.2, 0.25) is 0 Å². The summed E-state index contributed by atoms with van der Waals surface area (Å²) in [5.41, 5.74) is 5.29. The smallest absolute Gasteiger partial charge is 0.265 e. The SMILES string of the molecule is CC1(O)CCN(C(=O)c2sccc2C#CCN)C1. The Balaban J connectivity index is 2.17. The van der Waals surface area contributed by atoms with Crippen molar-refractivity contribution in [3.63, 3.8) is 0 Å². The van der Waals surface area contributed by atoms with E-state index >= 15 is 0 Å². The largest absolute Gasteiger partial charge is 0.388 e. The number of hydrogen-bond acceptors (Lipinski definition) is 4. The zero-order valence-corrected chi connectivity index (χ0v) is 11.1. The molecule has 1 saturated heterocycles. The van der Waals surface area contributed by atoms with Gasteiger partial charge in [0.15, 0.2) is 0 Å². The lowest BCUT2D eigenvalue weighted by molar-refractivity contribution is 0.0574. The predicted octanol–water partition coefficient (Wildman–Crippen LogP) is 0.655. The number of hydrogen-bond donors (Lipinski definition) is 2. The molecule has 0 bridgehead atoms. The van der Waals surface area contributed by atoms with Gasteiger partial charge in [0, 0.05) is 18.7 Å². The van der Waals surface area contributed by atoms with Crippen molar-refractivity contribution in [2.24, 2.45) is 5.73 Å². The molecule has 0 saturated carbocycles. The van der Waals surface area contributed by atoms with Crippen molar-refractivity contribution in [3.8, 4) is 11.8 Å². The third-order valence-corrected chi connectivity index (χ3v) is 3.83. The minimum absolute atomic E-state index is 0.0518. The molecule has 1 amide bonds. The molecule has 1 fully saturated rings. The van der Waals surface area contributed by atoms with Crippen LogP contribution in [0.5, 0.6) is 0 Å². The quantitative estimate of drug-likeness (QED) is 0.732. The van der Waals surface area contributed by atoms with Crippen LogP contribution >= 0.6 is 11.3 Å². The zero-order chi connectivity index (χ0) is 13.2. The number of carbonyl (C=O) groups is 1. The van der Waals surface area contributed by atoms with Crippen molar-refractivity contribution in [1.29, 1.82) is 0 Å². The summed E-state index contributed by atoms with van der Waals surface area (Å²) in [6.45, 7) is 3.01. The number of β-amino-alcohol motifs (C(OH)–C–C–N with tert-alkyl or cyclic N) is 1. The lowest BCUT2D eigenvalue weighted by Gasteiger charge is -2.18. The lowest BCUT2D eigenvalue weighted by Crippen LogP contribution is -2.33. The van der Waals surface area contributed by atoms with E-state index in [1.165, 1.54) is 11.3 Å². The Kier molecular flexibility index (Phi) is 3.71. The van der Waals surface area contributed by atoms with Crippen molar-refractivity contribution < 1.29 is 9.90 Å². The van der Waals surface area contributed by atoms with E-state index in [0.717, 1.165) is 5.56 Å². The molecule has 96 valence electrons. The van der Waals surface area contributed by atoms with Gasteiger partial charge in [0.05, 0.1) is 12.1 Å². The topological polar surface area (TPSA) is 66.6 Å². The maximum Gasteiger partial charge on any atom is 0.265 e. The third-order valence-electron chi connectivity index (χ3n) is 2.92. The van der Waals surface area contributed by atoms with E-state index in [0.29, 0.717) is 24.4 Å². The van der Waals surface area contributed by atoms with Gasteiger partial charge in [-0.2, -0.15) is 0 Å². The molecule has 1 aromatic rings. The van der Waals surface area contributed by atoms with Crippen LogP contribution in [0, 0.1) is 11.8 Å². The van der Waals surface area contributed by atoms with Crippen LogP contribution in [0.15, 0.2) is 11.4 Å². The van der Waals surface area contributed by atoms with E-state index in [9.17, 15) is 9.90 Å². The molecular weight excluding hydrogens is 248 g/mol. The molecule has 2 rings (SSSR count). The molecule has 1 aromatic heterocycles. The summed E-state index contributed by atoms with van der Waals surface area (Å²) in [4.78, 5) is 14.6. The van der Waals surface area contributed by atoms with E-state index in [1.807, 2.05) is 11.4 Å². The third kappa shape index (κ3) is 2.72. The van der Waals surface area contributed by atoms with Crippen LogP contribution in [-0.2, 0) is 0 Å². The number of nitrogens with zero attached hydrogens (tertiary/aromatic N) is 1. The van der Waals surface area contributed by atoms with Gasteiger partial charge in [0.2, 0.25) is 0 Å². The zero-order valence-electron chi connectivity index (χ0n) is 10.3. The van der Waals surface area contributed by atoms with Gasteiger partial charge in [-0.1, -0.05) is 11.8 Å². The van der Waals surface area contributed by atoms with E-state index in [4.69, 9.17) is 5.73 Å². The van der Waals surface area contributed by atoms with Crippen molar-refractivity contribution in [1.82, 2.24) is 4.90 Å². The molecule has 0 spiro atoms. The Morgan fingerprint density at radius 1 is 1.72 bits per heavy atom. The summed E-state index contributed by atoms with van der Waals surface area (Å²) in [6.07, 6.45) is 0.619. The second kappa shape index (κ2) is 5.11. The lowest BCUT2D eigenvalue weighted by atomic mass is 10.1. The highest BCUT2D eigenvalue weighted by Crippen LogP contribution is 2.25. The standard InChI is InChI=1S/C13H16N2O2S/c1-13(17)5-7-15(9-13)12(16)11-10(3-2-6-14)4-8-18-11/h4,8,17H,5-7,9,14H2,1H3. The molecule has 18 heavy (non-hydrogen) atoms. The summed E-state index contributed by atoms with van der Waals surface area (Å²) >= 11 is 1.38. The Labute approximate surface area is 110 Å². The first-order chi connectivity index (χ1) is 8.53. The highest BCUT2D eigenvalue weighted by Gasteiger charge is 2.35. The molecule has 1 aliphatic rings. The van der Waals surface area contributed by atoms with Crippen LogP contribution in [0.4, 0.5) is 0 Å². The van der Waals surface area contributed by atoms with Gasteiger partial charge in [-0.3, -0.25) is 4.79 Å². The molecule has 1 unspecified atom stereocenters. The van der Waals surface area contributed by atoms with Gasteiger partial charge in [0.25, 0.3) is 5.91 Å². The monoisotopic (exact) mass is 264 g/mol. The van der Waals surface area contributed by atoms with E-state index in [1.54, 1.807) is 11.8 Å². The van der Waals surface area contributed by atoms with Gasteiger partial charge in [-0.05, 0) is 24.8 Å². The summed E-state index contributed by atoms with van der Waals surface area (Å²) in [6, 6.07) is 1.83. The molecular formula is C13H16N2O2S. The minimum atomic E-state index is -0.768. The fraction of sp³-hybridized carbons (Fsp3) is 0.462. The number of aliphatic hydroxyl groups is 1. The molecule has 2 heterocycles. The molecule has 0 radical (unpaired) electrons. The first-order valence-electron chi connectivity index (χ1n) is 5.81. The Morgan fingerprint density at radius 3 is 3.11 bits per heavy atom. The highest BCUT2D eigenvalue weighted by molar-refractivity contribution is 7.12. The maximum atomic E-state index is 12.3. The Morgan fingerprint density at radius 2 is 2.50 bits per heavy atom. The average molecular weight is 264 g/mol. The normalized spacial score (nSPS) is 22.7. The second-order valence-corrected chi connectivity index (χ2v) is 5.56. The molecule has 0 aromatic carbocycles. The van der Waals surface area contributed by atoms with Crippen molar-refractivity contribution in [2.45, 2.75) is 18.9 Å². The fourth-order valence-corrected chi connectivity index (χ4v) is 2.80. The first-order valence-corrected chi connectivity index (χ1v) is 6.69. The number of rotatable bonds is 1. The van der Waals surface area contributed by atoms with Crippen LogP contribution in [0.1, 0.15) is 28.6 Å². The van der Waals surface area contributed by atoms with Gasteiger partial charge >= 0.3 is 0 Å². The molecule has 5 heteroatoms. The van der Waals surface area contributed by atoms with Crippen molar-refractivity contribution >= 4 is 17.2 Å². The number of carbonyl (C=O) groups excluding carboxylic acids is 1. The Bertz CT molecular complexity index is 511. The van der Waals surface area contributed by atoms with Gasteiger partial charge < -0.3 is 15.7 Å². The summed E-state index contributed by atoms with van der Waals surface area (Å²) in [5.74, 6) is 5.61. The van der Waals surface area contributed by atoms with Crippen LogP contribution in [0.25, 0.3) is 0 Å². The number of likely N-dealkylation sites (tertiary alicyclic amines) is 1. The maximum absolute atomic E-state index is 12.3. The van der Waals surface area contributed by atoms with Crippen LogP contribution in [0.3, 0.4) is 0 Å². The number of nitrogens with two attached hydrogens (primary N) is 1. The Hall–Kier alpha value is -1.35. The van der Waals surface area contributed by atoms with Gasteiger partial charge in [-0.15, -0.1) is 11.3 Å². The van der Waals surface area contributed by atoms with E-state index in [-0.39, 0.29) is 12.5 Å². The molecule has 0 aliphatic carbocycles. The van der Waals surface area contributed by atoms with E-state index in [2.05, 4.69) is 11.8 Å². The molecule has 1 atom stereocenters. The fourth-order valence-electron chi connectivity index (χ4n) is 1.98.